The zero-order valence-electron chi connectivity index (χ0n) is 20.5. The zero-order valence-corrected chi connectivity index (χ0v) is 22.2. The van der Waals surface area contributed by atoms with Crippen LogP contribution in [0, 0.1) is 11.6 Å². The van der Waals surface area contributed by atoms with Crippen LogP contribution in [0.3, 0.4) is 0 Å². The first-order valence-corrected chi connectivity index (χ1v) is 13.8. The Kier molecular flexibility index (Phi) is 10.0. The summed E-state index contributed by atoms with van der Waals surface area (Å²) in [4.78, 5) is 17.7. The molecule has 9 nitrogen and oxygen atoms in total. The molecule has 0 fully saturated rings. The average molecular weight is 597 g/mol. The van der Waals surface area contributed by atoms with E-state index in [1.807, 2.05) is 0 Å². The van der Waals surface area contributed by atoms with E-state index in [4.69, 9.17) is 25.0 Å². The van der Waals surface area contributed by atoms with Crippen LogP contribution in [0.5, 0.6) is 11.5 Å². The van der Waals surface area contributed by atoms with Gasteiger partial charge in [0.1, 0.15) is 15.8 Å². The van der Waals surface area contributed by atoms with Gasteiger partial charge in [-0.15, -0.1) is 10.2 Å². The van der Waals surface area contributed by atoms with Crippen LogP contribution in [0.2, 0.25) is 0 Å². The molecule has 0 bridgehead atoms. The largest absolute Gasteiger partial charge is 0.493 e. The van der Waals surface area contributed by atoms with Gasteiger partial charge in [-0.3, -0.25) is 4.52 Å². The summed E-state index contributed by atoms with van der Waals surface area (Å²) >= 11 is 0.853. The van der Waals surface area contributed by atoms with E-state index in [1.54, 1.807) is 0 Å². The molecule has 39 heavy (non-hydrogen) atoms. The van der Waals surface area contributed by atoms with E-state index >= 15 is 0 Å². The highest BCUT2D eigenvalue weighted by Crippen LogP contribution is 2.41. The van der Waals surface area contributed by atoms with Crippen LogP contribution >= 0.6 is 19.2 Å². The lowest BCUT2D eigenvalue weighted by Crippen LogP contribution is -2.37. The second kappa shape index (κ2) is 12.7. The lowest BCUT2D eigenvalue weighted by molar-refractivity contribution is -0.138. The molecule has 2 aromatic carbocycles. The molecule has 0 saturated carbocycles. The van der Waals surface area contributed by atoms with Crippen LogP contribution in [0.1, 0.15) is 36.8 Å². The van der Waals surface area contributed by atoms with E-state index in [2.05, 4.69) is 14.7 Å². The highest BCUT2D eigenvalue weighted by molar-refractivity contribution is 7.46. The monoisotopic (exact) mass is 597 g/mol. The SMILES string of the molecule is C[C@](N)(COP(=O)(O)O)c1nnc(-c2ccc(OCCCCCOc3cccc(F)c3F)c(C(F)(F)F)c2)s1. The fraction of sp³-hybridized carbons (Fsp3) is 0.391. The standard InChI is InChI=1S/C23H25F5N3O6PS/c1-22(29,13-37-38(32,33)34)21-31-30-20(39-21)14-8-9-17(15(12-14)23(26,27)28)35-10-3-2-4-11-36-18-7-5-6-16(24)19(18)25/h5-9,12H,2-4,10-11,13,29H2,1H3,(H2,32,33,34)/t22-/m0/s1. The number of nitrogens with two attached hydrogens (primary N) is 1. The van der Waals surface area contributed by atoms with E-state index in [1.165, 1.54) is 25.1 Å². The predicted octanol–water partition coefficient (Wildman–Crippen LogP) is 5.41. The number of halogens is 5. The number of nitrogens with zero attached hydrogens (tertiary/aromatic N) is 2. The van der Waals surface area contributed by atoms with Crippen molar-refractivity contribution >= 4 is 19.2 Å². The predicted molar refractivity (Wildman–Crippen MR) is 131 cm³/mol. The Bertz CT molecular complexity index is 1320. The minimum Gasteiger partial charge on any atom is -0.493 e. The fourth-order valence-electron chi connectivity index (χ4n) is 3.20. The first-order chi connectivity index (χ1) is 18.2. The molecule has 3 rings (SSSR count). The number of rotatable bonds is 13. The smallest absolute Gasteiger partial charge is 0.469 e. The lowest BCUT2D eigenvalue weighted by atomic mass is 10.1. The molecule has 1 heterocycles. The first kappa shape index (κ1) is 30.9. The normalized spacial score (nSPS) is 13.8. The van der Waals surface area contributed by atoms with Crippen molar-refractivity contribution in [2.24, 2.45) is 5.73 Å². The maximum atomic E-state index is 13.8. The number of benzene rings is 2. The van der Waals surface area contributed by atoms with Crippen LogP contribution in [-0.4, -0.2) is 39.8 Å². The summed E-state index contributed by atoms with van der Waals surface area (Å²) in [6.07, 6.45) is -3.39. The Morgan fingerprint density at radius 2 is 1.67 bits per heavy atom. The van der Waals surface area contributed by atoms with Crippen LogP contribution in [0.25, 0.3) is 10.6 Å². The van der Waals surface area contributed by atoms with Crippen molar-refractivity contribution in [2.45, 2.75) is 37.9 Å². The van der Waals surface area contributed by atoms with Crippen LogP contribution in [-0.2, 0) is 20.8 Å². The third-order valence-electron chi connectivity index (χ3n) is 5.20. The van der Waals surface area contributed by atoms with Crippen molar-refractivity contribution in [1.82, 2.24) is 10.2 Å². The maximum Gasteiger partial charge on any atom is 0.469 e. The van der Waals surface area contributed by atoms with E-state index in [0.717, 1.165) is 29.5 Å². The molecule has 1 atom stereocenters. The van der Waals surface area contributed by atoms with E-state index in [0.29, 0.717) is 19.3 Å². The van der Waals surface area contributed by atoms with Gasteiger partial charge >= 0.3 is 14.0 Å². The number of phosphoric acid groups is 1. The Hall–Kier alpha value is -2.68. The highest BCUT2D eigenvalue weighted by atomic mass is 32.1. The summed E-state index contributed by atoms with van der Waals surface area (Å²) < 4.78 is 93.9. The molecule has 1 aromatic heterocycles. The Morgan fingerprint density at radius 3 is 2.31 bits per heavy atom. The fourth-order valence-corrected chi connectivity index (χ4v) is 4.52. The maximum absolute atomic E-state index is 13.8. The highest BCUT2D eigenvalue weighted by Gasteiger charge is 2.35. The number of aromatic nitrogens is 2. The molecule has 0 radical (unpaired) electrons. The summed E-state index contributed by atoms with van der Waals surface area (Å²) in [6, 6.07) is 6.97. The summed E-state index contributed by atoms with van der Waals surface area (Å²) in [5.74, 6) is -2.70. The van der Waals surface area contributed by atoms with Gasteiger partial charge in [-0.05, 0) is 56.5 Å². The number of unbranched alkanes of at least 4 members (excludes halogenated alkanes) is 2. The van der Waals surface area contributed by atoms with Gasteiger partial charge in [-0.25, -0.2) is 8.96 Å². The van der Waals surface area contributed by atoms with E-state index < -0.39 is 43.3 Å². The number of ether oxygens (including phenoxy) is 2. The van der Waals surface area contributed by atoms with Gasteiger partial charge in [0, 0.05) is 5.56 Å². The van der Waals surface area contributed by atoms with Gasteiger partial charge in [-0.1, -0.05) is 17.4 Å². The van der Waals surface area contributed by atoms with Crippen LogP contribution in [0.4, 0.5) is 22.0 Å². The van der Waals surface area contributed by atoms with Gasteiger partial charge in [0.25, 0.3) is 0 Å². The molecule has 0 aliphatic carbocycles. The molecule has 0 spiro atoms. The summed E-state index contributed by atoms with van der Waals surface area (Å²) in [5, 5.41) is 7.90. The molecule has 0 amide bonds. The van der Waals surface area contributed by atoms with Crippen molar-refractivity contribution in [3.8, 4) is 22.1 Å². The number of alkyl halides is 3. The second-order valence-corrected chi connectivity index (χ2v) is 10.8. The third-order valence-corrected chi connectivity index (χ3v) is 6.92. The third kappa shape index (κ3) is 8.92. The zero-order chi connectivity index (χ0) is 28.8. The molecule has 0 unspecified atom stereocenters. The molecular formula is C23H25F5N3O6PS. The van der Waals surface area contributed by atoms with E-state index in [9.17, 15) is 26.5 Å². The molecule has 4 N–H and O–H groups in total. The summed E-state index contributed by atoms with van der Waals surface area (Å²) in [5.41, 5.74) is 3.61. The summed E-state index contributed by atoms with van der Waals surface area (Å²) in [6.45, 7) is 0.863. The molecule has 0 aliphatic heterocycles. The van der Waals surface area contributed by atoms with Gasteiger partial charge in [0.15, 0.2) is 11.6 Å². The van der Waals surface area contributed by atoms with Gasteiger partial charge < -0.3 is 25.0 Å². The number of hydrogen-bond acceptors (Lipinski definition) is 8. The van der Waals surface area contributed by atoms with Crippen molar-refractivity contribution in [3.63, 3.8) is 0 Å². The van der Waals surface area contributed by atoms with Crippen molar-refractivity contribution < 1.29 is 50.3 Å². The first-order valence-electron chi connectivity index (χ1n) is 11.4. The Balaban J connectivity index is 1.58. The molecule has 0 aliphatic rings. The van der Waals surface area contributed by atoms with Crippen molar-refractivity contribution in [1.29, 1.82) is 0 Å². The van der Waals surface area contributed by atoms with Gasteiger partial charge in [0.2, 0.25) is 5.82 Å². The lowest BCUT2D eigenvalue weighted by Gasteiger charge is -2.21. The van der Waals surface area contributed by atoms with Crippen LogP contribution in [0.15, 0.2) is 36.4 Å². The van der Waals surface area contributed by atoms with Crippen LogP contribution < -0.4 is 15.2 Å². The van der Waals surface area contributed by atoms with Crippen molar-refractivity contribution in [3.05, 3.63) is 58.6 Å². The molecule has 3 aromatic rings. The molecule has 214 valence electrons. The Morgan fingerprint density at radius 1 is 1.00 bits per heavy atom. The minimum atomic E-state index is -4.79. The number of phosphoric ester groups is 1. The molecule has 0 saturated heterocycles. The number of hydrogen-bond donors (Lipinski definition) is 3. The summed E-state index contributed by atoms with van der Waals surface area (Å²) in [7, 11) is -4.79. The quantitative estimate of drug-likeness (QED) is 0.134. The average Bonchev–Trinajstić information content (AvgIpc) is 3.35. The van der Waals surface area contributed by atoms with Gasteiger partial charge in [-0.2, -0.15) is 17.6 Å². The Labute approximate surface area is 224 Å². The van der Waals surface area contributed by atoms with Gasteiger partial charge in [0.05, 0.1) is 30.9 Å². The second-order valence-electron chi connectivity index (χ2n) is 8.61. The molecular weight excluding hydrogens is 572 g/mol. The van der Waals surface area contributed by atoms with E-state index in [-0.39, 0.29) is 40.3 Å². The topological polar surface area (TPSA) is 137 Å². The minimum absolute atomic E-state index is 0.0230. The molecule has 16 heteroatoms. The van der Waals surface area contributed by atoms with Crippen molar-refractivity contribution in [2.75, 3.05) is 19.8 Å².